The lowest BCUT2D eigenvalue weighted by atomic mass is 10.2. The number of pyridine rings is 1. The van der Waals surface area contributed by atoms with Crippen LogP contribution in [0.15, 0.2) is 34.9 Å². The van der Waals surface area contributed by atoms with E-state index in [4.69, 9.17) is 15.9 Å². The lowest BCUT2D eigenvalue weighted by Crippen LogP contribution is -2.08. The first-order valence-electron chi connectivity index (χ1n) is 4.99. The number of nitrogen functional groups attached to an aromatic ring is 2. The van der Waals surface area contributed by atoms with Gasteiger partial charge in [-0.05, 0) is 31.2 Å². The highest BCUT2D eigenvalue weighted by Crippen LogP contribution is 2.20. The minimum Gasteiger partial charge on any atom is -0.467 e. The Balaban J connectivity index is 2.12. The molecule has 0 amide bonds. The van der Waals surface area contributed by atoms with Crippen molar-refractivity contribution in [3.8, 4) is 0 Å². The molecule has 0 aliphatic rings. The van der Waals surface area contributed by atoms with Crippen molar-refractivity contribution in [3.05, 3.63) is 36.3 Å². The smallest absolute Gasteiger partial charge is 0.149 e. The van der Waals surface area contributed by atoms with E-state index in [-0.39, 0.29) is 6.04 Å². The fourth-order valence-corrected chi connectivity index (χ4v) is 1.40. The van der Waals surface area contributed by atoms with Gasteiger partial charge in [0.1, 0.15) is 17.4 Å². The van der Waals surface area contributed by atoms with Crippen LogP contribution < -0.4 is 16.8 Å². The number of aromatic nitrogens is 1. The number of rotatable bonds is 3. The molecular formula is C11H14N4O. The monoisotopic (exact) mass is 218 g/mol. The second-order valence-electron chi connectivity index (χ2n) is 3.55. The van der Waals surface area contributed by atoms with Gasteiger partial charge in [0.05, 0.1) is 18.0 Å². The zero-order chi connectivity index (χ0) is 11.5. The van der Waals surface area contributed by atoms with Crippen molar-refractivity contribution in [3.63, 3.8) is 0 Å². The highest BCUT2D eigenvalue weighted by Gasteiger charge is 2.08. The Morgan fingerprint density at radius 2 is 2.12 bits per heavy atom. The molecule has 84 valence electrons. The highest BCUT2D eigenvalue weighted by molar-refractivity contribution is 5.61. The molecule has 0 saturated carbocycles. The summed E-state index contributed by atoms with van der Waals surface area (Å²) in [5.41, 5.74) is 11.7. The van der Waals surface area contributed by atoms with E-state index in [1.165, 1.54) is 0 Å². The van der Waals surface area contributed by atoms with Gasteiger partial charge in [0.15, 0.2) is 0 Å². The van der Waals surface area contributed by atoms with Crippen molar-refractivity contribution in [2.24, 2.45) is 0 Å². The SMILES string of the molecule is CC(Nc1ccc(N)c(N)n1)c1ccco1. The molecule has 2 aromatic rings. The lowest BCUT2D eigenvalue weighted by molar-refractivity contribution is 0.490. The van der Waals surface area contributed by atoms with Gasteiger partial charge in [-0.25, -0.2) is 4.98 Å². The number of furan rings is 1. The molecule has 1 atom stereocenters. The van der Waals surface area contributed by atoms with Crippen molar-refractivity contribution in [2.45, 2.75) is 13.0 Å². The Morgan fingerprint density at radius 1 is 1.31 bits per heavy atom. The first-order valence-corrected chi connectivity index (χ1v) is 4.99. The van der Waals surface area contributed by atoms with Crippen LogP contribution in [0.2, 0.25) is 0 Å². The number of nitrogens with one attached hydrogen (secondary N) is 1. The van der Waals surface area contributed by atoms with E-state index < -0.39 is 0 Å². The molecule has 1 unspecified atom stereocenters. The van der Waals surface area contributed by atoms with Gasteiger partial charge in [-0.1, -0.05) is 0 Å². The topological polar surface area (TPSA) is 90.1 Å². The maximum Gasteiger partial charge on any atom is 0.149 e. The van der Waals surface area contributed by atoms with E-state index in [0.717, 1.165) is 5.76 Å². The van der Waals surface area contributed by atoms with Gasteiger partial charge in [0.25, 0.3) is 0 Å². The van der Waals surface area contributed by atoms with Crippen LogP contribution in [0.1, 0.15) is 18.7 Å². The number of hydrogen-bond donors (Lipinski definition) is 3. The average molecular weight is 218 g/mol. The first-order chi connectivity index (χ1) is 7.66. The van der Waals surface area contributed by atoms with Gasteiger partial charge in [-0.3, -0.25) is 0 Å². The minimum atomic E-state index is 0.0329. The Bertz CT molecular complexity index is 467. The molecule has 0 saturated heterocycles. The lowest BCUT2D eigenvalue weighted by Gasteiger charge is -2.12. The molecule has 0 fully saturated rings. The summed E-state index contributed by atoms with van der Waals surface area (Å²) in [5, 5.41) is 3.17. The predicted octanol–water partition coefficient (Wildman–Crippen LogP) is 2.01. The highest BCUT2D eigenvalue weighted by atomic mass is 16.3. The molecule has 16 heavy (non-hydrogen) atoms. The summed E-state index contributed by atoms with van der Waals surface area (Å²) in [6, 6.07) is 7.28. The Kier molecular flexibility index (Phi) is 2.68. The first kappa shape index (κ1) is 10.4. The molecule has 5 heteroatoms. The van der Waals surface area contributed by atoms with E-state index >= 15 is 0 Å². The molecule has 2 aromatic heterocycles. The molecule has 0 spiro atoms. The summed E-state index contributed by atoms with van der Waals surface area (Å²) in [7, 11) is 0. The minimum absolute atomic E-state index is 0.0329. The molecular weight excluding hydrogens is 204 g/mol. The summed E-state index contributed by atoms with van der Waals surface area (Å²) >= 11 is 0. The summed E-state index contributed by atoms with van der Waals surface area (Å²) < 4.78 is 5.28. The summed E-state index contributed by atoms with van der Waals surface area (Å²) in [6.45, 7) is 1.98. The molecule has 2 heterocycles. The third kappa shape index (κ3) is 2.08. The van der Waals surface area contributed by atoms with Crippen LogP contribution in [0.4, 0.5) is 17.3 Å². The Morgan fingerprint density at radius 3 is 2.75 bits per heavy atom. The van der Waals surface area contributed by atoms with Gasteiger partial charge in [0, 0.05) is 0 Å². The van der Waals surface area contributed by atoms with E-state index in [2.05, 4.69) is 10.3 Å². The third-order valence-electron chi connectivity index (χ3n) is 2.29. The zero-order valence-electron chi connectivity index (χ0n) is 8.97. The van der Waals surface area contributed by atoms with Crippen molar-refractivity contribution < 1.29 is 4.42 Å². The molecule has 2 rings (SSSR count). The van der Waals surface area contributed by atoms with Crippen molar-refractivity contribution in [2.75, 3.05) is 16.8 Å². The van der Waals surface area contributed by atoms with Gasteiger partial charge in [-0.2, -0.15) is 0 Å². The van der Waals surface area contributed by atoms with Gasteiger partial charge < -0.3 is 21.2 Å². The molecule has 0 aliphatic carbocycles. The molecule has 5 nitrogen and oxygen atoms in total. The van der Waals surface area contributed by atoms with Crippen molar-refractivity contribution in [1.82, 2.24) is 4.98 Å². The second-order valence-corrected chi connectivity index (χ2v) is 3.55. The van der Waals surface area contributed by atoms with Crippen LogP contribution >= 0.6 is 0 Å². The normalized spacial score (nSPS) is 12.3. The Labute approximate surface area is 93.5 Å². The van der Waals surface area contributed by atoms with Crippen LogP contribution in [0, 0.1) is 0 Å². The van der Waals surface area contributed by atoms with Crippen LogP contribution in [-0.4, -0.2) is 4.98 Å². The van der Waals surface area contributed by atoms with E-state index in [1.807, 2.05) is 19.1 Å². The maximum absolute atomic E-state index is 5.62. The van der Waals surface area contributed by atoms with Crippen molar-refractivity contribution in [1.29, 1.82) is 0 Å². The third-order valence-corrected chi connectivity index (χ3v) is 2.29. The number of hydrogen-bond acceptors (Lipinski definition) is 5. The maximum atomic E-state index is 5.62. The van der Waals surface area contributed by atoms with Crippen LogP contribution in [0.5, 0.6) is 0 Å². The fraction of sp³-hybridized carbons (Fsp3) is 0.182. The Hall–Kier alpha value is -2.17. The second kappa shape index (κ2) is 4.14. The average Bonchev–Trinajstić information content (AvgIpc) is 2.77. The van der Waals surface area contributed by atoms with Crippen molar-refractivity contribution >= 4 is 17.3 Å². The quantitative estimate of drug-likeness (QED) is 0.733. The van der Waals surface area contributed by atoms with E-state index in [9.17, 15) is 0 Å². The molecule has 5 N–H and O–H groups in total. The summed E-state index contributed by atoms with van der Waals surface area (Å²) in [5.74, 6) is 1.85. The molecule has 0 aliphatic heterocycles. The zero-order valence-corrected chi connectivity index (χ0v) is 8.97. The van der Waals surface area contributed by atoms with E-state index in [1.54, 1.807) is 18.4 Å². The van der Waals surface area contributed by atoms with Gasteiger partial charge >= 0.3 is 0 Å². The number of nitrogens with two attached hydrogens (primary N) is 2. The van der Waals surface area contributed by atoms with Gasteiger partial charge in [0.2, 0.25) is 0 Å². The molecule has 0 aromatic carbocycles. The van der Waals surface area contributed by atoms with Crippen LogP contribution in [0.25, 0.3) is 0 Å². The van der Waals surface area contributed by atoms with Crippen LogP contribution in [-0.2, 0) is 0 Å². The predicted molar refractivity (Wildman–Crippen MR) is 63.8 cm³/mol. The number of anilines is 3. The van der Waals surface area contributed by atoms with E-state index in [0.29, 0.717) is 17.3 Å². The number of nitrogens with zero attached hydrogens (tertiary/aromatic N) is 1. The largest absolute Gasteiger partial charge is 0.467 e. The fourth-order valence-electron chi connectivity index (χ4n) is 1.40. The molecule has 0 bridgehead atoms. The standard InChI is InChI=1S/C11H14N4O/c1-7(9-3-2-6-16-9)14-10-5-4-8(12)11(13)15-10/h2-7H,12H2,1H3,(H3,13,14,15). The summed E-state index contributed by atoms with van der Waals surface area (Å²) in [6.07, 6.45) is 1.64. The molecule has 0 radical (unpaired) electrons. The van der Waals surface area contributed by atoms with Crippen LogP contribution in [0.3, 0.4) is 0 Å². The van der Waals surface area contributed by atoms with Gasteiger partial charge in [-0.15, -0.1) is 0 Å². The summed E-state index contributed by atoms with van der Waals surface area (Å²) in [4.78, 5) is 4.12.